The van der Waals surface area contributed by atoms with Crippen molar-refractivity contribution in [1.82, 2.24) is 4.90 Å². The van der Waals surface area contributed by atoms with Gasteiger partial charge in [-0.25, -0.2) is 8.42 Å². The topological polar surface area (TPSA) is 37.4 Å². The Morgan fingerprint density at radius 3 is 2.15 bits per heavy atom. The molecule has 4 nitrogen and oxygen atoms in total. The lowest BCUT2D eigenvalue weighted by Crippen LogP contribution is -2.63. The van der Waals surface area contributed by atoms with Crippen LogP contribution >= 0.6 is 0 Å². The van der Waals surface area contributed by atoms with Gasteiger partial charge in [-0.3, -0.25) is 4.90 Å². The van der Waals surface area contributed by atoms with Crippen LogP contribution in [0.5, 0.6) is 0 Å². The molecule has 0 N–H and O–H groups in total. The van der Waals surface area contributed by atoms with Crippen LogP contribution in [-0.2, 0) is 9.84 Å². The molecule has 3 aliphatic heterocycles. The Hall–Kier alpha value is -0.130. The summed E-state index contributed by atoms with van der Waals surface area (Å²) in [5, 5.41) is 0. The molecule has 0 aromatic rings. The van der Waals surface area contributed by atoms with Crippen molar-refractivity contribution in [3.63, 3.8) is 0 Å². The second-order valence-electron chi connectivity index (χ2n) is 7.30. The second-order valence-corrected chi connectivity index (χ2v) is 9.45. The number of nitrogens with zero attached hydrogens (tertiary/aromatic N) is 2. The van der Waals surface area contributed by atoms with Crippen molar-refractivity contribution in [2.45, 2.75) is 50.6 Å². The van der Waals surface area contributed by atoms with Gasteiger partial charge in [0, 0.05) is 0 Å². The van der Waals surface area contributed by atoms with Crippen LogP contribution < -0.4 is 0 Å². The van der Waals surface area contributed by atoms with Crippen molar-refractivity contribution in [2.24, 2.45) is 0 Å². The molecule has 0 spiro atoms. The molecule has 0 aromatic heterocycles. The zero-order valence-corrected chi connectivity index (χ0v) is 13.6. The van der Waals surface area contributed by atoms with Crippen molar-refractivity contribution in [3.05, 3.63) is 0 Å². The zero-order valence-electron chi connectivity index (χ0n) is 12.8. The summed E-state index contributed by atoms with van der Waals surface area (Å²) in [6.45, 7) is 4.56. The van der Waals surface area contributed by atoms with Crippen LogP contribution in [0.2, 0.25) is 0 Å². The Morgan fingerprint density at radius 1 is 0.900 bits per heavy atom. The standard InChI is InChI=1S/C15H29N2O2S/c1-17(10-6-3-7-11-17)15-13-20(18,19)12-14(15)16-8-4-2-5-9-16/h14-15H,2-13H2,1H3/q+1/t14-,15+/m0/s1. The van der Waals surface area contributed by atoms with Gasteiger partial charge in [0.15, 0.2) is 9.84 Å². The minimum Gasteiger partial charge on any atom is -0.321 e. The molecule has 3 heterocycles. The molecule has 0 amide bonds. The molecule has 3 saturated heterocycles. The average molecular weight is 301 g/mol. The number of likely N-dealkylation sites (N-methyl/N-ethyl adjacent to an activating group) is 1. The van der Waals surface area contributed by atoms with E-state index in [-0.39, 0.29) is 6.04 Å². The summed E-state index contributed by atoms with van der Waals surface area (Å²) in [4.78, 5) is 2.50. The molecule has 20 heavy (non-hydrogen) atoms. The van der Waals surface area contributed by atoms with Gasteiger partial charge >= 0.3 is 0 Å². The van der Waals surface area contributed by atoms with Gasteiger partial charge in [0.1, 0.15) is 11.8 Å². The van der Waals surface area contributed by atoms with Crippen LogP contribution in [0, 0.1) is 0 Å². The van der Waals surface area contributed by atoms with Crippen molar-refractivity contribution in [3.8, 4) is 0 Å². The fourth-order valence-electron chi connectivity index (χ4n) is 4.57. The smallest absolute Gasteiger partial charge is 0.157 e. The fourth-order valence-corrected chi connectivity index (χ4v) is 6.76. The molecule has 5 heteroatoms. The third kappa shape index (κ3) is 2.90. The quantitative estimate of drug-likeness (QED) is 0.721. The first-order valence-electron chi connectivity index (χ1n) is 8.29. The maximum Gasteiger partial charge on any atom is 0.157 e. The average Bonchev–Trinajstić information content (AvgIpc) is 2.78. The summed E-state index contributed by atoms with van der Waals surface area (Å²) >= 11 is 0. The van der Waals surface area contributed by atoms with E-state index in [1.165, 1.54) is 51.6 Å². The maximum atomic E-state index is 12.2. The number of piperidine rings is 2. The third-order valence-electron chi connectivity index (χ3n) is 5.79. The Morgan fingerprint density at radius 2 is 1.50 bits per heavy atom. The van der Waals surface area contributed by atoms with Crippen LogP contribution in [0.15, 0.2) is 0 Å². The van der Waals surface area contributed by atoms with E-state index in [2.05, 4.69) is 11.9 Å². The first kappa shape index (κ1) is 14.8. The summed E-state index contributed by atoms with van der Waals surface area (Å²) < 4.78 is 25.5. The highest BCUT2D eigenvalue weighted by molar-refractivity contribution is 7.91. The number of hydrogen-bond donors (Lipinski definition) is 0. The van der Waals surface area contributed by atoms with Gasteiger partial charge in [0.25, 0.3) is 0 Å². The first-order chi connectivity index (χ1) is 9.50. The van der Waals surface area contributed by atoms with Gasteiger partial charge in [-0.15, -0.1) is 0 Å². The van der Waals surface area contributed by atoms with E-state index in [0.717, 1.165) is 17.6 Å². The molecule has 0 aliphatic carbocycles. The second kappa shape index (κ2) is 5.58. The highest BCUT2D eigenvalue weighted by Gasteiger charge is 2.50. The van der Waals surface area contributed by atoms with E-state index in [4.69, 9.17) is 0 Å². The maximum absolute atomic E-state index is 12.2. The lowest BCUT2D eigenvalue weighted by atomic mass is 9.98. The number of sulfone groups is 1. The van der Waals surface area contributed by atoms with Gasteiger partial charge < -0.3 is 4.48 Å². The molecule has 0 saturated carbocycles. The molecule has 0 aromatic carbocycles. The van der Waals surface area contributed by atoms with Gasteiger partial charge in [0.2, 0.25) is 0 Å². The van der Waals surface area contributed by atoms with Crippen LogP contribution in [0.25, 0.3) is 0 Å². The van der Waals surface area contributed by atoms with Crippen LogP contribution in [0.3, 0.4) is 0 Å². The molecule has 2 atom stereocenters. The van der Waals surface area contributed by atoms with Gasteiger partial charge in [0.05, 0.1) is 31.9 Å². The van der Waals surface area contributed by atoms with Crippen LogP contribution in [-0.4, -0.2) is 74.6 Å². The highest BCUT2D eigenvalue weighted by atomic mass is 32.2. The van der Waals surface area contributed by atoms with Crippen molar-refractivity contribution in [1.29, 1.82) is 0 Å². The molecule has 3 fully saturated rings. The number of likely N-dealkylation sites (tertiary alicyclic amines) is 2. The predicted molar refractivity (Wildman–Crippen MR) is 81.4 cm³/mol. The molecular formula is C15H29N2O2S+. The summed E-state index contributed by atoms with van der Waals surface area (Å²) in [5.74, 6) is 0.830. The van der Waals surface area contributed by atoms with Crippen molar-refractivity contribution in [2.75, 3.05) is 44.7 Å². The summed E-state index contributed by atoms with van der Waals surface area (Å²) in [5.41, 5.74) is 0. The lowest BCUT2D eigenvalue weighted by Gasteiger charge is -2.47. The Balaban J connectivity index is 1.82. The SMILES string of the molecule is C[N+]1([C@@H]2CS(=O)(=O)C[C@@H]2N2CCCCC2)CCCCC1. The zero-order chi connectivity index (χ0) is 14.2. The number of quaternary nitrogens is 1. The highest BCUT2D eigenvalue weighted by Crippen LogP contribution is 2.32. The van der Waals surface area contributed by atoms with E-state index >= 15 is 0 Å². The number of hydrogen-bond acceptors (Lipinski definition) is 3. The normalized spacial score (nSPS) is 37.9. The fraction of sp³-hybridized carbons (Fsp3) is 1.00. The van der Waals surface area contributed by atoms with E-state index in [1.54, 1.807) is 0 Å². The minimum absolute atomic E-state index is 0.281. The molecule has 3 aliphatic rings. The summed E-state index contributed by atoms with van der Waals surface area (Å²) in [6.07, 6.45) is 7.65. The van der Waals surface area contributed by atoms with E-state index in [0.29, 0.717) is 17.5 Å². The predicted octanol–water partition coefficient (Wildman–Crippen LogP) is 1.27. The largest absolute Gasteiger partial charge is 0.321 e. The molecule has 0 radical (unpaired) electrons. The lowest BCUT2D eigenvalue weighted by molar-refractivity contribution is -0.936. The Kier molecular flexibility index (Phi) is 4.13. The monoisotopic (exact) mass is 301 g/mol. The van der Waals surface area contributed by atoms with E-state index < -0.39 is 9.84 Å². The van der Waals surface area contributed by atoms with Crippen molar-refractivity contribution < 1.29 is 12.9 Å². The minimum atomic E-state index is -2.84. The summed E-state index contributed by atoms with van der Waals surface area (Å²) in [7, 11) is -0.532. The molecule has 3 rings (SSSR count). The van der Waals surface area contributed by atoms with Crippen molar-refractivity contribution >= 4 is 9.84 Å². The molecular weight excluding hydrogens is 272 g/mol. The third-order valence-corrected chi connectivity index (χ3v) is 7.49. The summed E-state index contributed by atoms with van der Waals surface area (Å²) in [6, 6.07) is 0.599. The molecule has 0 unspecified atom stereocenters. The van der Waals surface area contributed by atoms with Gasteiger partial charge in [-0.05, 0) is 45.2 Å². The van der Waals surface area contributed by atoms with Gasteiger partial charge in [-0.2, -0.15) is 0 Å². The number of rotatable bonds is 2. The Bertz CT molecular complexity index is 437. The van der Waals surface area contributed by atoms with Crippen LogP contribution in [0.4, 0.5) is 0 Å². The van der Waals surface area contributed by atoms with Gasteiger partial charge in [-0.1, -0.05) is 6.42 Å². The first-order valence-corrected chi connectivity index (χ1v) is 10.1. The molecule has 116 valence electrons. The van der Waals surface area contributed by atoms with E-state index in [9.17, 15) is 8.42 Å². The molecule has 0 bridgehead atoms. The van der Waals surface area contributed by atoms with Crippen LogP contribution in [0.1, 0.15) is 38.5 Å². The Labute approximate surface area is 123 Å². The van der Waals surface area contributed by atoms with E-state index in [1.807, 2.05) is 0 Å².